The highest BCUT2D eigenvalue weighted by Crippen LogP contribution is 2.54. The summed E-state index contributed by atoms with van der Waals surface area (Å²) in [6.45, 7) is 3.51. The molecule has 2 heterocycles. The Balaban J connectivity index is 1.69. The molecule has 2 aromatic rings. The van der Waals surface area contributed by atoms with E-state index in [0.29, 0.717) is 25.4 Å². The third-order valence-corrected chi connectivity index (χ3v) is 5.96. The van der Waals surface area contributed by atoms with E-state index in [1.807, 2.05) is 12.1 Å². The Labute approximate surface area is 178 Å². The number of esters is 2. The fourth-order valence-electron chi connectivity index (χ4n) is 4.60. The van der Waals surface area contributed by atoms with E-state index >= 15 is 0 Å². The third-order valence-electron chi connectivity index (χ3n) is 5.96. The molecular weight excluding hydrogens is 404 g/mol. The number of rotatable bonds is 3. The Morgan fingerprint density at radius 1 is 1.03 bits per heavy atom. The summed E-state index contributed by atoms with van der Waals surface area (Å²) in [6.07, 6.45) is -0.827. The molecule has 8 heteroatoms. The number of carbonyl (C=O) groups excluding carboxylic acids is 3. The van der Waals surface area contributed by atoms with Crippen LogP contribution in [0.1, 0.15) is 46.5 Å². The zero-order valence-electron chi connectivity index (χ0n) is 17.3. The maximum absolute atomic E-state index is 13.9. The lowest BCUT2D eigenvalue weighted by Gasteiger charge is -2.49. The van der Waals surface area contributed by atoms with E-state index in [4.69, 9.17) is 23.7 Å². The van der Waals surface area contributed by atoms with Gasteiger partial charge in [-0.05, 0) is 28.7 Å². The quantitative estimate of drug-likeness (QED) is 0.548. The maximum Gasteiger partial charge on any atom is 0.308 e. The van der Waals surface area contributed by atoms with Crippen LogP contribution in [0, 0.1) is 0 Å². The van der Waals surface area contributed by atoms with Crippen molar-refractivity contribution in [3.63, 3.8) is 0 Å². The first kappa shape index (κ1) is 19.6. The lowest BCUT2D eigenvalue weighted by Crippen LogP contribution is -2.60. The van der Waals surface area contributed by atoms with Crippen molar-refractivity contribution < 1.29 is 38.1 Å². The number of carbonyl (C=O) groups is 3. The van der Waals surface area contributed by atoms with Crippen molar-refractivity contribution in [2.45, 2.75) is 45.2 Å². The van der Waals surface area contributed by atoms with E-state index in [-0.39, 0.29) is 22.8 Å². The van der Waals surface area contributed by atoms with Gasteiger partial charge in [0.05, 0.1) is 20.3 Å². The molecule has 8 nitrogen and oxygen atoms in total. The second-order valence-corrected chi connectivity index (χ2v) is 7.90. The molecule has 5 rings (SSSR count). The van der Waals surface area contributed by atoms with Crippen LogP contribution in [0.25, 0.3) is 0 Å². The van der Waals surface area contributed by atoms with E-state index in [1.165, 1.54) is 33.1 Å². The number of fused-ring (bicyclic) bond motifs is 4. The number of hydrogen-bond donors (Lipinski definition) is 0. The molecule has 2 aliphatic heterocycles. The predicted molar refractivity (Wildman–Crippen MR) is 105 cm³/mol. The summed E-state index contributed by atoms with van der Waals surface area (Å²) < 4.78 is 27.6. The highest BCUT2D eigenvalue weighted by atomic mass is 16.7. The van der Waals surface area contributed by atoms with Crippen LogP contribution in [0.5, 0.6) is 17.2 Å². The van der Waals surface area contributed by atoms with E-state index < -0.39 is 23.6 Å². The van der Waals surface area contributed by atoms with Crippen LogP contribution in [-0.4, -0.2) is 31.1 Å². The van der Waals surface area contributed by atoms with Gasteiger partial charge in [-0.15, -0.1) is 0 Å². The molecule has 2 aromatic carbocycles. The van der Waals surface area contributed by atoms with Gasteiger partial charge in [-0.25, -0.2) is 0 Å². The zero-order valence-corrected chi connectivity index (χ0v) is 17.3. The third kappa shape index (κ3) is 2.82. The summed E-state index contributed by atoms with van der Waals surface area (Å²) in [5.41, 5.74) is 2.70. The SMILES string of the molecule is COc1cc(OC(C)=O)c2c(c1)O[C@@H](OC(C)=O)[C@]1(Cc3cc4c(cc31)COC4)C2=O. The van der Waals surface area contributed by atoms with E-state index in [0.717, 1.165) is 22.3 Å². The number of methoxy groups -OCH3 is 1. The predicted octanol–water partition coefficient (Wildman–Crippen LogP) is 2.61. The summed E-state index contributed by atoms with van der Waals surface area (Å²) in [4.78, 5) is 37.5. The Hall–Kier alpha value is -3.39. The number of ether oxygens (including phenoxy) is 5. The molecule has 0 N–H and O–H groups in total. The average Bonchev–Trinajstić information content (AvgIpc) is 3.14. The summed E-state index contributed by atoms with van der Waals surface area (Å²) in [6, 6.07) is 6.94. The Kier molecular flexibility index (Phi) is 4.30. The molecule has 31 heavy (non-hydrogen) atoms. The van der Waals surface area contributed by atoms with Crippen LogP contribution in [0.3, 0.4) is 0 Å². The molecule has 0 unspecified atom stereocenters. The van der Waals surface area contributed by atoms with Gasteiger partial charge < -0.3 is 23.7 Å². The zero-order chi connectivity index (χ0) is 21.9. The molecular formula is C23H20O8. The minimum atomic E-state index is -1.23. The molecule has 0 saturated heterocycles. The normalized spacial score (nSPS) is 22.5. The monoisotopic (exact) mass is 424 g/mol. The first-order valence-corrected chi connectivity index (χ1v) is 9.85. The second-order valence-electron chi connectivity index (χ2n) is 7.90. The van der Waals surface area contributed by atoms with Gasteiger partial charge in [0.2, 0.25) is 0 Å². The number of ketones is 1. The van der Waals surface area contributed by atoms with Crippen molar-refractivity contribution in [2.75, 3.05) is 7.11 Å². The van der Waals surface area contributed by atoms with Crippen LogP contribution < -0.4 is 14.2 Å². The molecule has 0 aromatic heterocycles. The van der Waals surface area contributed by atoms with Crippen molar-refractivity contribution in [1.29, 1.82) is 0 Å². The van der Waals surface area contributed by atoms with Gasteiger partial charge in [0, 0.05) is 26.0 Å². The Morgan fingerprint density at radius 2 is 1.77 bits per heavy atom. The fraction of sp³-hybridized carbons (Fsp3) is 0.348. The van der Waals surface area contributed by atoms with Crippen molar-refractivity contribution in [3.8, 4) is 17.2 Å². The number of hydrogen-bond acceptors (Lipinski definition) is 8. The van der Waals surface area contributed by atoms with Gasteiger partial charge in [0.15, 0.2) is 5.78 Å². The largest absolute Gasteiger partial charge is 0.496 e. The van der Waals surface area contributed by atoms with Gasteiger partial charge in [-0.1, -0.05) is 12.1 Å². The smallest absolute Gasteiger partial charge is 0.308 e. The van der Waals surface area contributed by atoms with Gasteiger partial charge in [0.25, 0.3) is 6.29 Å². The number of Topliss-reactive ketones (excluding diaryl/α,β-unsaturated/α-hetero) is 1. The number of benzene rings is 2. The van der Waals surface area contributed by atoms with Crippen molar-refractivity contribution >= 4 is 17.7 Å². The molecule has 3 aliphatic rings. The summed E-state index contributed by atoms with van der Waals surface area (Å²) >= 11 is 0. The summed E-state index contributed by atoms with van der Waals surface area (Å²) in [5, 5.41) is 0. The molecule has 0 fully saturated rings. The van der Waals surface area contributed by atoms with E-state index in [9.17, 15) is 14.4 Å². The minimum Gasteiger partial charge on any atom is -0.496 e. The van der Waals surface area contributed by atoms with Crippen molar-refractivity contribution in [1.82, 2.24) is 0 Å². The van der Waals surface area contributed by atoms with Gasteiger partial charge in [0.1, 0.15) is 28.2 Å². The summed E-state index contributed by atoms with van der Waals surface area (Å²) in [5.74, 6) is -0.958. The molecule has 0 amide bonds. The van der Waals surface area contributed by atoms with E-state index in [1.54, 1.807) is 0 Å². The Morgan fingerprint density at radius 3 is 2.45 bits per heavy atom. The standard InChI is InChI=1S/C23H20O8/c1-11(24)29-18-6-16(27-3)7-19-20(18)21(26)23(22(31-19)30-12(2)25)8-13-4-14-9-28-10-15(14)5-17(13)23/h4-7,22H,8-10H2,1-3H3/t22-,23+/m1/s1. The topological polar surface area (TPSA) is 97.4 Å². The first-order valence-electron chi connectivity index (χ1n) is 9.85. The molecule has 1 spiro atoms. The molecule has 0 saturated carbocycles. The van der Waals surface area contributed by atoms with Crippen LogP contribution in [-0.2, 0) is 44.1 Å². The average molecular weight is 424 g/mol. The van der Waals surface area contributed by atoms with Gasteiger partial charge >= 0.3 is 11.9 Å². The molecule has 0 bridgehead atoms. The van der Waals surface area contributed by atoms with Crippen molar-refractivity contribution in [3.05, 3.63) is 52.1 Å². The van der Waals surface area contributed by atoms with Crippen LogP contribution in [0.4, 0.5) is 0 Å². The lowest BCUT2D eigenvalue weighted by atomic mass is 9.58. The fourth-order valence-corrected chi connectivity index (χ4v) is 4.60. The van der Waals surface area contributed by atoms with Crippen LogP contribution >= 0.6 is 0 Å². The molecule has 0 radical (unpaired) electrons. The maximum atomic E-state index is 13.9. The minimum absolute atomic E-state index is 0.0467. The second kappa shape index (κ2) is 6.81. The first-order chi connectivity index (χ1) is 14.8. The van der Waals surface area contributed by atoms with Gasteiger partial charge in [-0.3, -0.25) is 14.4 Å². The molecule has 1 aliphatic carbocycles. The van der Waals surface area contributed by atoms with Crippen LogP contribution in [0.2, 0.25) is 0 Å². The van der Waals surface area contributed by atoms with Gasteiger partial charge in [-0.2, -0.15) is 0 Å². The summed E-state index contributed by atoms with van der Waals surface area (Å²) in [7, 11) is 1.44. The highest BCUT2D eigenvalue weighted by Gasteiger charge is 2.61. The molecule has 160 valence electrons. The van der Waals surface area contributed by atoms with Crippen LogP contribution in [0.15, 0.2) is 24.3 Å². The van der Waals surface area contributed by atoms with Crippen molar-refractivity contribution in [2.24, 2.45) is 0 Å². The lowest BCUT2D eigenvalue weighted by molar-refractivity contribution is -0.172. The molecule has 2 atom stereocenters. The Bertz CT molecular complexity index is 1150. The van der Waals surface area contributed by atoms with E-state index in [2.05, 4.69) is 0 Å². The highest BCUT2D eigenvalue weighted by molar-refractivity contribution is 6.11.